The highest BCUT2D eigenvalue weighted by Gasteiger charge is 2.09. The molecular formula is C16H14N2O2. The molecule has 0 bridgehead atoms. The van der Waals surface area contributed by atoms with Crippen molar-refractivity contribution >= 4 is 16.6 Å². The highest BCUT2D eigenvalue weighted by molar-refractivity contribution is 5.96. The molecule has 0 unspecified atom stereocenters. The summed E-state index contributed by atoms with van der Waals surface area (Å²) >= 11 is 0. The maximum atomic E-state index is 9.96. The van der Waals surface area contributed by atoms with E-state index in [1.54, 1.807) is 18.3 Å². The van der Waals surface area contributed by atoms with Gasteiger partial charge >= 0.3 is 0 Å². The number of hydrogen-bond donors (Lipinski definition) is 2. The molecule has 3 aromatic rings. The van der Waals surface area contributed by atoms with E-state index in [2.05, 4.69) is 4.98 Å². The van der Waals surface area contributed by atoms with Gasteiger partial charge in [-0.1, -0.05) is 12.1 Å². The highest BCUT2D eigenvalue weighted by atomic mass is 16.5. The van der Waals surface area contributed by atoms with Crippen LogP contribution in [0.2, 0.25) is 0 Å². The van der Waals surface area contributed by atoms with Crippen molar-refractivity contribution in [3.8, 4) is 22.6 Å². The predicted octanol–water partition coefficient (Wildman–Crippen LogP) is 3.20. The number of benzene rings is 2. The van der Waals surface area contributed by atoms with Gasteiger partial charge in [0.15, 0.2) is 11.5 Å². The first kappa shape index (κ1) is 12.3. The maximum Gasteiger partial charge on any atom is 0.162 e. The Morgan fingerprint density at radius 3 is 2.75 bits per heavy atom. The molecule has 1 aromatic heterocycles. The van der Waals surface area contributed by atoms with Crippen molar-refractivity contribution in [2.75, 3.05) is 12.8 Å². The third-order valence-electron chi connectivity index (χ3n) is 3.24. The SMILES string of the molecule is COc1cc2nccc(-c3cccc(N)c3)c2cc1O. The van der Waals surface area contributed by atoms with Gasteiger partial charge in [0.25, 0.3) is 0 Å². The van der Waals surface area contributed by atoms with E-state index in [1.807, 2.05) is 30.3 Å². The minimum atomic E-state index is 0.0955. The van der Waals surface area contributed by atoms with Gasteiger partial charge in [0, 0.05) is 23.3 Å². The molecule has 0 fully saturated rings. The molecule has 3 N–H and O–H groups in total. The zero-order chi connectivity index (χ0) is 14.1. The molecule has 4 heteroatoms. The van der Waals surface area contributed by atoms with Crippen molar-refractivity contribution in [1.29, 1.82) is 0 Å². The number of nitrogens with two attached hydrogens (primary N) is 1. The lowest BCUT2D eigenvalue weighted by Crippen LogP contribution is -1.89. The van der Waals surface area contributed by atoms with Crippen molar-refractivity contribution < 1.29 is 9.84 Å². The molecule has 4 nitrogen and oxygen atoms in total. The Morgan fingerprint density at radius 1 is 1.15 bits per heavy atom. The number of hydrogen-bond acceptors (Lipinski definition) is 4. The van der Waals surface area contributed by atoms with Crippen molar-refractivity contribution in [2.24, 2.45) is 0 Å². The lowest BCUT2D eigenvalue weighted by molar-refractivity contribution is 0.374. The average molecular weight is 266 g/mol. The van der Waals surface area contributed by atoms with Crippen LogP contribution in [0.5, 0.6) is 11.5 Å². The van der Waals surface area contributed by atoms with E-state index < -0.39 is 0 Å². The van der Waals surface area contributed by atoms with Gasteiger partial charge in [-0.25, -0.2) is 0 Å². The standard InChI is InChI=1S/C16H14N2O2/c1-20-16-9-14-13(8-15(16)19)12(5-6-18-14)10-3-2-4-11(17)7-10/h2-9,19H,17H2,1H3. The van der Waals surface area contributed by atoms with Crippen molar-refractivity contribution in [1.82, 2.24) is 4.98 Å². The zero-order valence-corrected chi connectivity index (χ0v) is 11.0. The fourth-order valence-corrected chi connectivity index (χ4v) is 2.28. The first-order valence-electron chi connectivity index (χ1n) is 6.20. The quantitative estimate of drug-likeness (QED) is 0.699. The molecule has 0 radical (unpaired) electrons. The van der Waals surface area contributed by atoms with Crippen LogP contribution < -0.4 is 10.5 Å². The molecule has 20 heavy (non-hydrogen) atoms. The van der Waals surface area contributed by atoms with E-state index in [1.165, 1.54) is 7.11 Å². The van der Waals surface area contributed by atoms with Crippen molar-refractivity contribution in [3.05, 3.63) is 48.7 Å². The Hall–Kier alpha value is -2.75. The van der Waals surface area contributed by atoms with Crippen LogP contribution in [-0.4, -0.2) is 17.2 Å². The summed E-state index contributed by atoms with van der Waals surface area (Å²) in [6, 6.07) is 12.9. The lowest BCUT2D eigenvalue weighted by Gasteiger charge is -2.10. The third kappa shape index (κ3) is 2.01. The summed E-state index contributed by atoms with van der Waals surface area (Å²) in [4.78, 5) is 4.32. The molecule has 2 aromatic carbocycles. The molecule has 0 spiro atoms. The van der Waals surface area contributed by atoms with E-state index in [4.69, 9.17) is 10.5 Å². The van der Waals surface area contributed by atoms with Gasteiger partial charge in [-0.05, 0) is 35.4 Å². The summed E-state index contributed by atoms with van der Waals surface area (Å²) in [5, 5.41) is 10.8. The molecule has 0 aliphatic carbocycles. The number of nitrogens with zero attached hydrogens (tertiary/aromatic N) is 1. The van der Waals surface area contributed by atoms with E-state index in [9.17, 15) is 5.11 Å². The van der Waals surface area contributed by atoms with Crippen LogP contribution in [0.4, 0.5) is 5.69 Å². The number of aromatic hydroxyl groups is 1. The second-order valence-corrected chi connectivity index (χ2v) is 4.53. The molecule has 0 aliphatic heterocycles. The van der Waals surface area contributed by atoms with E-state index in [-0.39, 0.29) is 5.75 Å². The van der Waals surface area contributed by atoms with E-state index in [0.29, 0.717) is 11.4 Å². The number of nitrogen functional groups attached to an aromatic ring is 1. The smallest absolute Gasteiger partial charge is 0.162 e. The second kappa shape index (κ2) is 4.74. The van der Waals surface area contributed by atoms with Crippen molar-refractivity contribution in [3.63, 3.8) is 0 Å². The molecular weight excluding hydrogens is 252 g/mol. The van der Waals surface area contributed by atoms with Gasteiger partial charge in [0.2, 0.25) is 0 Å². The summed E-state index contributed by atoms with van der Waals surface area (Å²) in [6.45, 7) is 0. The topological polar surface area (TPSA) is 68.4 Å². The van der Waals surface area contributed by atoms with Gasteiger partial charge in [-0.15, -0.1) is 0 Å². The normalized spacial score (nSPS) is 10.7. The Bertz CT molecular complexity index is 785. The lowest BCUT2D eigenvalue weighted by atomic mass is 10.0. The number of anilines is 1. The van der Waals surface area contributed by atoms with Crippen LogP contribution in [0, 0.1) is 0 Å². The maximum absolute atomic E-state index is 9.96. The van der Waals surface area contributed by atoms with Gasteiger partial charge in [0.05, 0.1) is 12.6 Å². The third-order valence-corrected chi connectivity index (χ3v) is 3.24. The predicted molar refractivity (Wildman–Crippen MR) is 79.8 cm³/mol. The first-order valence-corrected chi connectivity index (χ1v) is 6.20. The van der Waals surface area contributed by atoms with Gasteiger partial charge in [-0.3, -0.25) is 4.98 Å². The van der Waals surface area contributed by atoms with Crippen LogP contribution in [0.15, 0.2) is 48.7 Å². The molecule has 100 valence electrons. The zero-order valence-electron chi connectivity index (χ0n) is 11.0. The fourth-order valence-electron chi connectivity index (χ4n) is 2.28. The summed E-state index contributed by atoms with van der Waals surface area (Å²) in [6.07, 6.45) is 1.73. The van der Waals surface area contributed by atoms with Crippen LogP contribution in [0.25, 0.3) is 22.0 Å². The number of methoxy groups -OCH3 is 1. The van der Waals surface area contributed by atoms with Gasteiger partial charge < -0.3 is 15.6 Å². The minimum absolute atomic E-state index is 0.0955. The van der Waals surface area contributed by atoms with Crippen LogP contribution in [0.1, 0.15) is 0 Å². The summed E-state index contributed by atoms with van der Waals surface area (Å²) in [7, 11) is 1.52. The molecule has 0 saturated heterocycles. The Balaban J connectivity index is 2.29. The number of aromatic nitrogens is 1. The number of pyridine rings is 1. The van der Waals surface area contributed by atoms with E-state index >= 15 is 0 Å². The van der Waals surface area contributed by atoms with Crippen LogP contribution in [-0.2, 0) is 0 Å². The van der Waals surface area contributed by atoms with Crippen LogP contribution >= 0.6 is 0 Å². The number of phenols is 1. The number of fused-ring (bicyclic) bond motifs is 1. The molecule has 0 amide bonds. The molecule has 3 rings (SSSR count). The molecule has 0 atom stereocenters. The summed E-state index contributed by atoms with van der Waals surface area (Å²) < 4.78 is 5.11. The Kier molecular flexibility index (Phi) is 2.91. The second-order valence-electron chi connectivity index (χ2n) is 4.53. The molecule has 0 aliphatic rings. The summed E-state index contributed by atoms with van der Waals surface area (Å²) in [5.41, 5.74) is 9.25. The van der Waals surface area contributed by atoms with Gasteiger partial charge in [0.1, 0.15) is 0 Å². The van der Waals surface area contributed by atoms with Crippen LogP contribution in [0.3, 0.4) is 0 Å². The summed E-state index contributed by atoms with van der Waals surface area (Å²) in [5.74, 6) is 0.507. The Labute approximate surface area is 116 Å². The van der Waals surface area contributed by atoms with Gasteiger partial charge in [-0.2, -0.15) is 0 Å². The monoisotopic (exact) mass is 266 g/mol. The number of rotatable bonds is 2. The number of ether oxygens (including phenoxy) is 1. The highest BCUT2D eigenvalue weighted by Crippen LogP contribution is 2.35. The Morgan fingerprint density at radius 2 is 2.00 bits per heavy atom. The first-order chi connectivity index (χ1) is 9.69. The number of phenolic OH excluding ortho intramolecular Hbond substituents is 1. The fraction of sp³-hybridized carbons (Fsp3) is 0.0625. The molecule has 0 saturated carbocycles. The minimum Gasteiger partial charge on any atom is -0.504 e. The molecule has 1 heterocycles. The average Bonchev–Trinajstić information content (AvgIpc) is 2.46. The van der Waals surface area contributed by atoms with E-state index in [0.717, 1.165) is 22.0 Å². The largest absolute Gasteiger partial charge is 0.504 e. The van der Waals surface area contributed by atoms with Crippen molar-refractivity contribution in [2.45, 2.75) is 0 Å².